The number of rotatable bonds is 0. The standard InChI is InChI=1S/C9H10N2.2C2H6/c1-6-4-9-8(5-10-6)3-7(2)11-9;2*1-2/h3-5,11H,1-2H3;2*1-2H3. The molecule has 0 saturated heterocycles. The van der Waals surface area contributed by atoms with Crippen LogP contribution in [0.2, 0.25) is 0 Å². The van der Waals surface area contributed by atoms with Gasteiger partial charge < -0.3 is 4.98 Å². The summed E-state index contributed by atoms with van der Waals surface area (Å²) in [5.41, 5.74) is 3.42. The average molecular weight is 206 g/mol. The van der Waals surface area contributed by atoms with Crippen LogP contribution in [0, 0.1) is 13.8 Å². The van der Waals surface area contributed by atoms with Gasteiger partial charge in [0, 0.05) is 28.5 Å². The summed E-state index contributed by atoms with van der Waals surface area (Å²) in [5, 5.41) is 1.19. The fraction of sp³-hybridized carbons (Fsp3) is 0.462. The van der Waals surface area contributed by atoms with Crippen molar-refractivity contribution in [1.82, 2.24) is 9.97 Å². The molecule has 0 atom stereocenters. The van der Waals surface area contributed by atoms with Crippen LogP contribution in [0.25, 0.3) is 10.9 Å². The molecule has 0 aliphatic carbocycles. The highest BCUT2D eigenvalue weighted by Gasteiger charge is 1.96. The van der Waals surface area contributed by atoms with Gasteiger partial charge in [0.05, 0.1) is 0 Å². The second-order valence-electron chi connectivity index (χ2n) is 2.87. The maximum absolute atomic E-state index is 4.20. The number of hydrogen-bond acceptors (Lipinski definition) is 1. The SMILES string of the molecule is CC.CC.Cc1cc2[nH]c(C)cc2cn1. The van der Waals surface area contributed by atoms with E-state index >= 15 is 0 Å². The van der Waals surface area contributed by atoms with Crippen molar-refractivity contribution in [3.8, 4) is 0 Å². The van der Waals surface area contributed by atoms with Gasteiger partial charge in [0.1, 0.15) is 0 Å². The lowest BCUT2D eigenvalue weighted by atomic mass is 10.3. The van der Waals surface area contributed by atoms with E-state index in [0.717, 1.165) is 5.69 Å². The minimum Gasteiger partial charge on any atom is -0.359 e. The Kier molecular flexibility index (Phi) is 6.43. The highest BCUT2D eigenvalue weighted by molar-refractivity contribution is 5.79. The van der Waals surface area contributed by atoms with Crippen molar-refractivity contribution in [2.45, 2.75) is 41.5 Å². The van der Waals surface area contributed by atoms with Crippen LogP contribution in [0.15, 0.2) is 18.3 Å². The van der Waals surface area contributed by atoms with Crippen molar-refractivity contribution in [2.75, 3.05) is 0 Å². The molecule has 0 unspecified atom stereocenters. The van der Waals surface area contributed by atoms with Gasteiger partial charge in [-0.15, -0.1) is 0 Å². The molecule has 2 aromatic heterocycles. The molecule has 0 fully saturated rings. The summed E-state index contributed by atoms with van der Waals surface area (Å²) in [7, 11) is 0. The first-order valence-electron chi connectivity index (χ1n) is 5.68. The molecule has 0 radical (unpaired) electrons. The van der Waals surface area contributed by atoms with Crippen LogP contribution >= 0.6 is 0 Å². The van der Waals surface area contributed by atoms with Gasteiger partial charge >= 0.3 is 0 Å². The summed E-state index contributed by atoms with van der Waals surface area (Å²) >= 11 is 0. The molecule has 0 saturated carbocycles. The Morgan fingerprint density at radius 2 is 1.60 bits per heavy atom. The van der Waals surface area contributed by atoms with Crippen molar-refractivity contribution in [3.05, 3.63) is 29.7 Å². The van der Waals surface area contributed by atoms with E-state index in [1.165, 1.54) is 16.6 Å². The number of fused-ring (bicyclic) bond motifs is 1. The molecule has 0 aromatic carbocycles. The molecule has 2 heterocycles. The third-order valence-electron chi connectivity index (χ3n) is 1.78. The third-order valence-corrected chi connectivity index (χ3v) is 1.78. The van der Waals surface area contributed by atoms with Crippen molar-refractivity contribution in [2.24, 2.45) is 0 Å². The van der Waals surface area contributed by atoms with Crippen molar-refractivity contribution in [1.29, 1.82) is 0 Å². The van der Waals surface area contributed by atoms with Crippen LogP contribution in [-0.4, -0.2) is 9.97 Å². The van der Waals surface area contributed by atoms with Gasteiger partial charge in [-0.1, -0.05) is 27.7 Å². The highest BCUT2D eigenvalue weighted by atomic mass is 14.7. The predicted octanol–water partition coefficient (Wildman–Crippen LogP) is 4.23. The fourth-order valence-electron chi connectivity index (χ4n) is 1.28. The molecule has 0 aliphatic rings. The molecular weight excluding hydrogens is 184 g/mol. The summed E-state index contributed by atoms with van der Waals surface area (Å²) in [6, 6.07) is 4.16. The first-order chi connectivity index (χ1) is 7.25. The smallest absolute Gasteiger partial charge is 0.0489 e. The lowest BCUT2D eigenvalue weighted by Gasteiger charge is -1.90. The van der Waals surface area contributed by atoms with Crippen LogP contribution in [0.5, 0.6) is 0 Å². The summed E-state index contributed by atoms with van der Waals surface area (Å²) in [4.78, 5) is 7.46. The monoisotopic (exact) mass is 206 g/mol. The van der Waals surface area contributed by atoms with Gasteiger partial charge in [-0.3, -0.25) is 4.98 Å². The van der Waals surface area contributed by atoms with Gasteiger partial charge in [-0.2, -0.15) is 0 Å². The maximum atomic E-state index is 4.20. The Labute approximate surface area is 92.7 Å². The Bertz CT molecular complexity index is 388. The van der Waals surface area contributed by atoms with E-state index in [9.17, 15) is 0 Å². The second kappa shape index (κ2) is 7.04. The molecule has 0 aliphatic heterocycles. The minimum absolute atomic E-state index is 1.05. The van der Waals surface area contributed by atoms with Crippen LogP contribution in [0.1, 0.15) is 39.1 Å². The predicted molar refractivity (Wildman–Crippen MR) is 68.3 cm³/mol. The Morgan fingerprint density at radius 1 is 1.00 bits per heavy atom. The second-order valence-corrected chi connectivity index (χ2v) is 2.87. The molecule has 2 nitrogen and oxygen atoms in total. The maximum Gasteiger partial charge on any atom is 0.0489 e. The van der Waals surface area contributed by atoms with E-state index in [-0.39, 0.29) is 0 Å². The van der Waals surface area contributed by atoms with Crippen LogP contribution in [-0.2, 0) is 0 Å². The van der Waals surface area contributed by atoms with E-state index in [1.807, 2.05) is 40.8 Å². The number of nitrogens with one attached hydrogen (secondary N) is 1. The quantitative estimate of drug-likeness (QED) is 0.686. The highest BCUT2D eigenvalue weighted by Crippen LogP contribution is 2.13. The topological polar surface area (TPSA) is 28.7 Å². The first kappa shape index (κ1) is 13.7. The summed E-state index contributed by atoms with van der Waals surface area (Å²) in [6.07, 6.45) is 1.90. The van der Waals surface area contributed by atoms with E-state index in [2.05, 4.69) is 29.0 Å². The number of aromatic nitrogens is 2. The number of hydrogen-bond donors (Lipinski definition) is 1. The first-order valence-corrected chi connectivity index (χ1v) is 5.68. The van der Waals surface area contributed by atoms with Crippen LogP contribution in [0.4, 0.5) is 0 Å². The molecule has 2 heteroatoms. The Balaban J connectivity index is 0.000000442. The Morgan fingerprint density at radius 3 is 2.20 bits per heavy atom. The lowest BCUT2D eigenvalue weighted by Crippen LogP contribution is -1.77. The lowest BCUT2D eigenvalue weighted by molar-refractivity contribution is 1.22. The number of H-pyrrole nitrogens is 1. The van der Waals surface area contributed by atoms with E-state index in [1.54, 1.807) is 0 Å². The minimum atomic E-state index is 1.05. The van der Waals surface area contributed by atoms with E-state index < -0.39 is 0 Å². The number of aryl methyl sites for hydroxylation is 2. The fourth-order valence-corrected chi connectivity index (χ4v) is 1.28. The van der Waals surface area contributed by atoms with Gasteiger partial charge in [-0.05, 0) is 26.0 Å². The summed E-state index contributed by atoms with van der Waals surface area (Å²) in [6.45, 7) is 12.0. The number of pyridine rings is 1. The molecule has 0 spiro atoms. The van der Waals surface area contributed by atoms with Gasteiger partial charge in [0.2, 0.25) is 0 Å². The normalized spacial score (nSPS) is 8.67. The van der Waals surface area contributed by atoms with Gasteiger partial charge in [-0.25, -0.2) is 0 Å². The molecule has 0 amide bonds. The molecule has 2 rings (SSSR count). The van der Waals surface area contributed by atoms with Gasteiger partial charge in [0.25, 0.3) is 0 Å². The van der Waals surface area contributed by atoms with Crippen molar-refractivity contribution in [3.63, 3.8) is 0 Å². The molecule has 84 valence electrons. The van der Waals surface area contributed by atoms with Crippen molar-refractivity contribution >= 4 is 10.9 Å². The van der Waals surface area contributed by atoms with Gasteiger partial charge in [0.15, 0.2) is 0 Å². The molecule has 0 bridgehead atoms. The summed E-state index contributed by atoms with van der Waals surface area (Å²) < 4.78 is 0. The number of aromatic amines is 1. The summed E-state index contributed by atoms with van der Waals surface area (Å²) in [5.74, 6) is 0. The zero-order valence-corrected chi connectivity index (χ0v) is 10.7. The Hall–Kier alpha value is -1.31. The zero-order valence-electron chi connectivity index (χ0n) is 10.7. The molecule has 1 N–H and O–H groups in total. The molecule has 2 aromatic rings. The van der Waals surface area contributed by atoms with Crippen LogP contribution < -0.4 is 0 Å². The van der Waals surface area contributed by atoms with E-state index in [0.29, 0.717) is 0 Å². The zero-order chi connectivity index (χ0) is 11.8. The van der Waals surface area contributed by atoms with E-state index in [4.69, 9.17) is 0 Å². The largest absolute Gasteiger partial charge is 0.359 e. The third kappa shape index (κ3) is 3.74. The molecular formula is C13H22N2. The van der Waals surface area contributed by atoms with Crippen molar-refractivity contribution < 1.29 is 0 Å². The number of nitrogens with zero attached hydrogens (tertiary/aromatic N) is 1. The van der Waals surface area contributed by atoms with Crippen LogP contribution in [0.3, 0.4) is 0 Å². The average Bonchev–Trinajstić information content (AvgIpc) is 2.63. The molecule has 15 heavy (non-hydrogen) atoms.